The van der Waals surface area contributed by atoms with E-state index in [1.165, 1.54) is 0 Å². The predicted molar refractivity (Wildman–Crippen MR) is 113 cm³/mol. The average Bonchev–Trinajstić information content (AvgIpc) is 3.45. The van der Waals surface area contributed by atoms with Crippen LogP contribution in [0.4, 0.5) is 5.95 Å². The van der Waals surface area contributed by atoms with E-state index in [4.69, 9.17) is 22.3 Å². The highest BCUT2D eigenvalue weighted by Crippen LogP contribution is 2.42. The maximum atomic E-state index is 13.3. The minimum atomic E-state index is -0.0960. The van der Waals surface area contributed by atoms with Gasteiger partial charge in [0.05, 0.1) is 15.9 Å². The summed E-state index contributed by atoms with van der Waals surface area (Å²) in [5.41, 5.74) is 9.04. The van der Waals surface area contributed by atoms with E-state index in [-0.39, 0.29) is 17.6 Å². The van der Waals surface area contributed by atoms with E-state index in [0.717, 1.165) is 35.0 Å². The molecule has 148 valence electrons. The molecule has 3 fully saturated rings. The molecule has 8 nitrogen and oxygen atoms in total. The van der Waals surface area contributed by atoms with Crippen LogP contribution in [0.5, 0.6) is 0 Å². The molecule has 1 unspecified atom stereocenters. The summed E-state index contributed by atoms with van der Waals surface area (Å²) < 4.78 is 3.36. The van der Waals surface area contributed by atoms with Crippen LogP contribution in [0.1, 0.15) is 6.42 Å². The number of fused-ring (bicyclic) bond motifs is 3. The third-order valence-electron chi connectivity index (χ3n) is 6.54. The molecule has 1 aliphatic carbocycles. The molecule has 1 saturated carbocycles. The Morgan fingerprint density at radius 3 is 2.83 bits per heavy atom. The Balaban J connectivity index is 1.54. The minimum Gasteiger partial charge on any atom is -0.345 e. The molecule has 3 aliphatic rings. The van der Waals surface area contributed by atoms with Crippen molar-refractivity contribution in [1.82, 2.24) is 24.3 Å². The first kappa shape index (κ1) is 17.1. The number of nitrogens with one attached hydrogen (secondary N) is 1. The molecule has 9 heteroatoms. The Hall–Kier alpha value is -2.84. The second kappa shape index (κ2) is 5.61. The van der Waals surface area contributed by atoms with Gasteiger partial charge in [0.15, 0.2) is 0 Å². The van der Waals surface area contributed by atoms with E-state index in [1.807, 2.05) is 31.6 Å². The number of rotatable bonds is 2. The first-order chi connectivity index (χ1) is 13.9. The van der Waals surface area contributed by atoms with E-state index in [9.17, 15) is 4.79 Å². The smallest absolute Gasteiger partial charge is 0.264 e. The van der Waals surface area contributed by atoms with Crippen LogP contribution < -0.4 is 16.2 Å². The summed E-state index contributed by atoms with van der Waals surface area (Å²) in [6.45, 7) is 0.856. The van der Waals surface area contributed by atoms with Crippen molar-refractivity contribution in [2.45, 2.75) is 18.5 Å². The average molecular weight is 410 g/mol. The van der Waals surface area contributed by atoms with Crippen LogP contribution in [0.25, 0.3) is 33.1 Å². The number of hydrogen-bond donors (Lipinski definition) is 2. The molecule has 3 N–H and O–H groups in total. The number of nitrogens with two attached hydrogens (primary N) is 1. The Kier molecular flexibility index (Phi) is 3.30. The summed E-state index contributed by atoms with van der Waals surface area (Å²) in [5, 5.41) is 6.37. The van der Waals surface area contributed by atoms with Crippen molar-refractivity contribution in [3.05, 3.63) is 39.9 Å². The van der Waals surface area contributed by atoms with Gasteiger partial charge in [-0.2, -0.15) is 10.1 Å². The first-order valence-corrected chi connectivity index (χ1v) is 10.0. The van der Waals surface area contributed by atoms with Crippen LogP contribution in [-0.4, -0.2) is 42.9 Å². The summed E-state index contributed by atoms with van der Waals surface area (Å²) >= 11 is 6.70. The highest BCUT2D eigenvalue weighted by atomic mass is 35.5. The van der Waals surface area contributed by atoms with Crippen LogP contribution in [0.3, 0.4) is 0 Å². The second-order valence-electron chi connectivity index (χ2n) is 8.16. The maximum absolute atomic E-state index is 13.3. The van der Waals surface area contributed by atoms with Gasteiger partial charge in [-0.25, -0.2) is 0 Å². The molecule has 4 aromatic rings. The second-order valence-corrected chi connectivity index (χ2v) is 8.54. The van der Waals surface area contributed by atoms with Gasteiger partial charge in [0.2, 0.25) is 5.95 Å². The van der Waals surface area contributed by atoms with Crippen LogP contribution in [0.2, 0.25) is 5.02 Å². The van der Waals surface area contributed by atoms with Gasteiger partial charge in [0.1, 0.15) is 5.65 Å². The van der Waals surface area contributed by atoms with Gasteiger partial charge in [0, 0.05) is 61.6 Å². The fraction of sp³-hybridized carbons (Fsp3) is 0.350. The zero-order valence-corrected chi connectivity index (χ0v) is 16.8. The van der Waals surface area contributed by atoms with Crippen molar-refractivity contribution in [2.24, 2.45) is 25.7 Å². The predicted octanol–water partition coefficient (Wildman–Crippen LogP) is 2.00. The normalized spacial score (nSPS) is 23.3. The van der Waals surface area contributed by atoms with Gasteiger partial charge in [0.25, 0.3) is 5.56 Å². The first-order valence-electron chi connectivity index (χ1n) is 9.66. The lowest BCUT2D eigenvalue weighted by Crippen LogP contribution is -2.50. The molecule has 0 amide bonds. The summed E-state index contributed by atoms with van der Waals surface area (Å²) in [5.74, 6) is 1.17. The largest absolute Gasteiger partial charge is 0.345 e. The van der Waals surface area contributed by atoms with Gasteiger partial charge < -0.3 is 15.6 Å². The highest BCUT2D eigenvalue weighted by Gasteiger charge is 2.51. The van der Waals surface area contributed by atoms with Crippen molar-refractivity contribution in [3.63, 3.8) is 0 Å². The van der Waals surface area contributed by atoms with Crippen molar-refractivity contribution in [2.75, 3.05) is 11.4 Å². The molecular formula is C20H20ClN7O. The Labute approximate surface area is 170 Å². The molecule has 29 heavy (non-hydrogen) atoms. The highest BCUT2D eigenvalue weighted by molar-refractivity contribution is 6.38. The SMILES string of the molecule is Cn1cc2c(Cl)c(-c3c[nH]c4nc(N5C[C@H]6C[C@@H]5C6N)n(C)c(=O)c34)ccc2n1. The zero-order valence-electron chi connectivity index (χ0n) is 16.1. The molecule has 3 atom stereocenters. The van der Waals surface area contributed by atoms with Crippen LogP contribution in [0.15, 0.2) is 29.3 Å². The third-order valence-corrected chi connectivity index (χ3v) is 6.95. The molecule has 5 heterocycles. The molecule has 0 radical (unpaired) electrons. The van der Waals surface area contributed by atoms with Crippen molar-refractivity contribution >= 4 is 39.5 Å². The summed E-state index contributed by atoms with van der Waals surface area (Å²) in [6, 6.07) is 4.27. The number of anilines is 1. The van der Waals surface area contributed by atoms with Gasteiger partial charge in [-0.1, -0.05) is 17.7 Å². The topological polar surface area (TPSA) is 97.8 Å². The number of nitrogens with zero attached hydrogens (tertiary/aromatic N) is 5. The molecule has 2 saturated heterocycles. The summed E-state index contributed by atoms with van der Waals surface area (Å²) in [6.07, 6.45) is 4.76. The molecular weight excluding hydrogens is 390 g/mol. The molecule has 0 spiro atoms. The number of aromatic amines is 1. The lowest BCUT2D eigenvalue weighted by Gasteiger charge is -2.33. The van der Waals surface area contributed by atoms with E-state index in [1.54, 1.807) is 16.3 Å². The lowest BCUT2D eigenvalue weighted by molar-refractivity contribution is 0.311. The number of halogens is 1. The Bertz CT molecular complexity index is 1370. The summed E-state index contributed by atoms with van der Waals surface area (Å²) in [7, 11) is 3.63. The number of aromatic nitrogens is 5. The molecule has 2 bridgehead atoms. The lowest BCUT2D eigenvalue weighted by atomic mass is 9.81. The molecule has 7 rings (SSSR count). The van der Waals surface area contributed by atoms with E-state index in [0.29, 0.717) is 27.9 Å². The fourth-order valence-corrected chi connectivity index (χ4v) is 5.21. The van der Waals surface area contributed by atoms with Gasteiger partial charge in [-0.3, -0.25) is 14.0 Å². The van der Waals surface area contributed by atoms with Gasteiger partial charge in [-0.15, -0.1) is 0 Å². The van der Waals surface area contributed by atoms with Crippen LogP contribution in [0, 0.1) is 5.92 Å². The third kappa shape index (κ3) is 2.15. The standard InChI is InChI=1S/C20H20ClN7O/c1-26-8-12-13(25-26)4-3-10(16(12)21)11-6-23-18-15(11)19(29)27(2)20(24-18)28-7-9-5-14(28)17(9)22/h3-4,6,8-9,14,17,23H,5,7,22H2,1-2H3/t9-,14-,17?/m1/s1. The van der Waals surface area contributed by atoms with Gasteiger partial charge in [-0.05, 0) is 18.4 Å². The maximum Gasteiger partial charge on any atom is 0.264 e. The van der Waals surface area contributed by atoms with E-state index < -0.39 is 0 Å². The summed E-state index contributed by atoms with van der Waals surface area (Å²) in [4.78, 5) is 23.5. The Morgan fingerprint density at radius 1 is 1.28 bits per heavy atom. The number of hydrogen-bond acceptors (Lipinski definition) is 5. The number of benzene rings is 1. The minimum absolute atomic E-state index is 0.0960. The van der Waals surface area contributed by atoms with Crippen molar-refractivity contribution < 1.29 is 0 Å². The van der Waals surface area contributed by atoms with E-state index >= 15 is 0 Å². The van der Waals surface area contributed by atoms with Crippen LogP contribution in [-0.2, 0) is 14.1 Å². The van der Waals surface area contributed by atoms with Gasteiger partial charge >= 0.3 is 0 Å². The van der Waals surface area contributed by atoms with E-state index in [2.05, 4.69) is 15.0 Å². The molecule has 1 aromatic carbocycles. The molecule has 2 aliphatic heterocycles. The van der Waals surface area contributed by atoms with Crippen molar-refractivity contribution in [1.29, 1.82) is 0 Å². The Morgan fingerprint density at radius 2 is 2.10 bits per heavy atom. The monoisotopic (exact) mass is 409 g/mol. The molecule has 3 aromatic heterocycles. The zero-order chi connectivity index (χ0) is 20.0. The number of H-pyrrole nitrogens is 1. The van der Waals surface area contributed by atoms with Crippen molar-refractivity contribution in [3.8, 4) is 11.1 Å². The quantitative estimate of drug-likeness (QED) is 0.527. The number of aryl methyl sites for hydroxylation is 1. The fourth-order valence-electron chi connectivity index (χ4n) is 4.90. The van der Waals surface area contributed by atoms with Crippen LogP contribution >= 0.6 is 11.6 Å².